The van der Waals surface area contributed by atoms with Crippen molar-refractivity contribution in [3.05, 3.63) is 103 Å². The summed E-state index contributed by atoms with van der Waals surface area (Å²) in [4.78, 5) is 93.5. The summed E-state index contributed by atoms with van der Waals surface area (Å²) in [7, 11) is 0. The minimum atomic E-state index is -1.24. The Kier molecular flexibility index (Phi) is 17.2. The number of H-pyrrole nitrogens is 2. The molecule has 2 aromatic carbocycles. The average molecular weight is 849 g/mol. The van der Waals surface area contributed by atoms with E-state index in [0.717, 1.165) is 39.9 Å². The second kappa shape index (κ2) is 23.1. The number of para-hydroxylation sites is 1. The van der Waals surface area contributed by atoms with E-state index in [-0.39, 0.29) is 25.8 Å². The molecule has 0 fully saturated rings. The maximum atomic E-state index is 14.0. The number of nitrogens with one attached hydrogen (secondary N) is 7. The molecule has 3 heterocycles. The number of fused-ring (bicyclic) bond motifs is 1. The molecule has 0 bridgehead atoms. The lowest BCUT2D eigenvalue weighted by Crippen LogP contribution is -2.61. The van der Waals surface area contributed by atoms with E-state index in [0.29, 0.717) is 38.2 Å². The summed E-state index contributed by atoms with van der Waals surface area (Å²) in [5.41, 5.74) is 17.4. The molecule has 18 heteroatoms. The van der Waals surface area contributed by atoms with Crippen LogP contribution >= 0.6 is 0 Å². The molecule has 5 rings (SSSR count). The molecule has 4 aromatic rings. The average Bonchev–Trinajstić information content (AvgIpc) is 3.93. The van der Waals surface area contributed by atoms with E-state index >= 15 is 0 Å². The Morgan fingerprint density at radius 1 is 0.935 bits per heavy atom. The van der Waals surface area contributed by atoms with Crippen LogP contribution in [0.5, 0.6) is 0 Å². The van der Waals surface area contributed by atoms with E-state index in [1.165, 1.54) is 13.3 Å². The normalized spacial score (nSPS) is 18.4. The minimum Gasteiger partial charge on any atom is -0.368 e. The number of nitrogens with two attached hydrogens (primary N) is 2. The minimum absolute atomic E-state index is 0.0510. The van der Waals surface area contributed by atoms with Crippen LogP contribution in [0.4, 0.5) is 4.79 Å². The number of hydrogen-bond acceptors (Lipinski definition) is 9. The van der Waals surface area contributed by atoms with Crippen molar-refractivity contribution in [2.24, 2.45) is 11.5 Å². The number of urea groups is 1. The van der Waals surface area contributed by atoms with Crippen molar-refractivity contribution < 1.29 is 28.8 Å². The molecular weight excluding hydrogens is 793 g/mol. The predicted octanol–water partition coefficient (Wildman–Crippen LogP) is 0.683. The molecular formula is C44H56N12O6. The van der Waals surface area contributed by atoms with Crippen LogP contribution in [0.25, 0.3) is 10.9 Å². The van der Waals surface area contributed by atoms with Crippen LogP contribution in [0, 0.1) is 11.8 Å². The monoisotopic (exact) mass is 848 g/mol. The molecule has 1 aliphatic heterocycles. The third kappa shape index (κ3) is 13.8. The first-order valence-electron chi connectivity index (χ1n) is 20.6. The number of nitrogens with zero attached hydrogens (tertiary/aromatic N) is 3. The van der Waals surface area contributed by atoms with Crippen molar-refractivity contribution >= 4 is 46.5 Å². The van der Waals surface area contributed by atoms with Gasteiger partial charge in [-0.15, -0.1) is 6.58 Å². The summed E-state index contributed by atoms with van der Waals surface area (Å²) in [6.07, 6.45) is 9.28. The van der Waals surface area contributed by atoms with Crippen LogP contribution in [0.2, 0.25) is 0 Å². The van der Waals surface area contributed by atoms with Gasteiger partial charge in [0.05, 0.1) is 18.9 Å². The van der Waals surface area contributed by atoms with Gasteiger partial charge < -0.3 is 42.7 Å². The fraction of sp³-hybridized carbons (Fsp3) is 0.386. The maximum Gasteiger partial charge on any atom is 0.337 e. The highest BCUT2D eigenvalue weighted by Gasteiger charge is 2.31. The molecule has 0 saturated heterocycles. The Morgan fingerprint density at radius 3 is 2.44 bits per heavy atom. The molecule has 1 aliphatic rings. The summed E-state index contributed by atoms with van der Waals surface area (Å²) in [5, 5.41) is 12.6. The summed E-state index contributed by atoms with van der Waals surface area (Å²) in [6, 6.07) is 10.0. The van der Waals surface area contributed by atoms with Crippen molar-refractivity contribution in [2.45, 2.75) is 82.1 Å². The van der Waals surface area contributed by atoms with Crippen molar-refractivity contribution in [2.75, 3.05) is 26.2 Å². The predicted molar refractivity (Wildman–Crippen MR) is 233 cm³/mol. The number of benzene rings is 2. The largest absolute Gasteiger partial charge is 0.368 e. The van der Waals surface area contributed by atoms with Gasteiger partial charge in [-0.1, -0.05) is 79.3 Å². The number of amides is 7. The first kappa shape index (κ1) is 46.1. The summed E-state index contributed by atoms with van der Waals surface area (Å²) < 4.78 is 0. The quantitative estimate of drug-likeness (QED) is 0.0601. The van der Waals surface area contributed by atoms with Crippen LogP contribution < -0.4 is 38.2 Å². The SMILES string of the molecule is C=CCN1CC#CCN(NC(=O)[C@H](C)NC(=O)[C@@H](Cc2c[nH]c3ccccc23)NC(=O)[C@@H](N)Cc2cnc[nH]2)C(=O)N[C@H](Cc2ccccc2)C(=O)N[C@H](C(N)=O)CCCCC1. The van der Waals surface area contributed by atoms with Gasteiger partial charge in [0, 0.05) is 54.8 Å². The lowest BCUT2D eigenvalue weighted by atomic mass is 10.0. The van der Waals surface area contributed by atoms with E-state index < -0.39 is 65.8 Å². The van der Waals surface area contributed by atoms with E-state index in [2.05, 4.69) is 65.0 Å². The van der Waals surface area contributed by atoms with Gasteiger partial charge in [-0.3, -0.25) is 34.3 Å². The Balaban J connectivity index is 1.36. The van der Waals surface area contributed by atoms with Crippen molar-refractivity contribution in [1.29, 1.82) is 0 Å². The zero-order chi connectivity index (χ0) is 44.4. The van der Waals surface area contributed by atoms with Crippen LogP contribution in [0.3, 0.4) is 0 Å². The maximum absolute atomic E-state index is 14.0. The van der Waals surface area contributed by atoms with Crippen LogP contribution in [-0.2, 0) is 43.2 Å². The molecule has 62 heavy (non-hydrogen) atoms. The number of aromatic amines is 2. The second-order valence-corrected chi connectivity index (χ2v) is 15.2. The number of carbonyl (C=O) groups excluding carboxylic acids is 6. The summed E-state index contributed by atoms with van der Waals surface area (Å²) in [5.74, 6) is 2.59. The van der Waals surface area contributed by atoms with E-state index in [9.17, 15) is 28.8 Å². The Bertz CT molecular complexity index is 2220. The van der Waals surface area contributed by atoms with Crippen LogP contribution in [0.15, 0.2) is 86.0 Å². The molecule has 18 nitrogen and oxygen atoms in total. The van der Waals surface area contributed by atoms with E-state index in [1.807, 2.05) is 30.3 Å². The topological polar surface area (TPSA) is 266 Å². The van der Waals surface area contributed by atoms with Gasteiger partial charge in [-0.2, -0.15) is 0 Å². The number of primary amides is 1. The van der Waals surface area contributed by atoms with Gasteiger partial charge in [0.2, 0.25) is 23.6 Å². The zero-order valence-corrected chi connectivity index (χ0v) is 34.8. The highest BCUT2D eigenvalue weighted by Crippen LogP contribution is 2.19. The number of carbonyl (C=O) groups is 6. The highest BCUT2D eigenvalue weighted by atomic mass is 16.2. The molecule has 2 aromatic heterocycles. The molecule has 0 unspecified atom stereocenters. The molecule has 328 valence electrons. The molecule has 5 atom stereocenters. The van der Waals surface area contributed by atoms with Crippen LogP contribution in [-0.4, -0.2) is 117 Å². The first-order chi connectivity index (χ1) is 29.9. The Hall–Kier alpha value is -6.97. The van der Waals surface area contributed by atoms with Gasteiger partial charge in [-0.25, -0.2) is 14.8 Å². The van der Waals surface area contributed by atoms with Crippen molar-refractivity contribution in [3.8, 4) is 11.8 Å². The Labute approximate surface area is 360 Å². The van der Waals surface area contributed by atoms with Crippen molar-refractivity contribution in [1.82, 2.24) is 51.6 Å². The lowest BCUT2D eigenvalue weighted by Gasteiger charge is -2.28. The van der Waals surface area contributed by atoms with Gasteiger partial charge in [0.15, 0.2) is 0 Å². The fourth-order valence-corrected chi connectivity index (χ4v) is 6.93. The van der Waals surface area contributed by atoms with Gasteiger partial charge in [0.1, 0.15) is 30.7 Å². The summed E-state index contributed by atoms with van der Waals surface area (Å²) in [6.45, 7) is 6.56. The third-order valence-electron chi connectivity index (χ3n) is 10.4. The number of imidazole rings is 1. The Morgan fingerprint density at radius 2 is 1.69 bits per heavy atom. The standard InChI is InChI=1S/C44H56N12O6/c1-3-19-55-20-11-5-8-18-36(39(46)57)51-43(61)37(23-30-14-6-4-7-15-30)53-44(62)56(22-13-12-21-55)54-40(58)29(2)50-42(60)38(24-31-26-48-35-17-10-9-16-33(31)35)52-41(59)34(45)25-32-27-47-28-49-32/h3-4,6-7,9-10,14-17,26-29,34,36-38,48H,1,5,8,11,18-25,45H2,2H3,(H2,46,57)(H,47,49)(H,50,60)(H,51,61)(H,52,59)(H,53,62)(H,54,58)/t29-,34-,36-,37+,38+/m0/s1. The fourth-order valence-electron chi connectivity index (χ4n) is 6.93. The van der Waals surface area contributed by atoms with Gasteiger partial charge >= 0.3 is 6.03 Å². The van der Waals surface area contributed by atoms with Gasteiger partial charge in [0.25, 0.3) is 5.91 Å². The second-order valence-electron chi connectivity index (χ2n) is 15.2. The molecule has 0 radical (unpaired) electrons. The number of hydrazine groups is 1. The molecule has 0 saturated carbocycles. The van der Waals surface area contributed by atoms with Crippen molar-refractivity contribution in [3.63, 3.8) is 0 Å². The molecule has 11 N–H and O–H groups in total. The highest BCUT2D eigenvalue weighted by molar-refractivity contribution is 5.95. The van der Waals surface area contributed by atoms with E-state index in [1.54, 1.807) is 42.7 Å². The zero-order valence-electron chi connectivity index (χ0n) is 34.8. The van der Waals surface area contributed by atoms with E-state index in [4.69, 9.17) is 11.5 Å². The molecule has 0 aliphatic carbocycles. The number of rotatable bonds is 15. The van der Waals surface area contributed by atoms with Crippen LogP contribution in [0.1, 0.15) is 49.4 Å². The lowest BCUT2D eigenvalue weighted by molar-refractivity contribution is -0.133. The number of aromatic nitrogens is 3. The smallest absolute Gasteiger partial charge is 0.337 e. The summed E-state index contributed by atoms with van der Waals surface area (Å²) >= 11 is 0. The molecule has 7 amide bonds. The first-order valence-corrected chi connectivity index (χ1v) is 20.6. The molecule has 0 spiro atoms. The van der Waals surface area contributed by atoms with Gasteiger partial charge in [-0.05, 0) is 43.5 Å². The third-order valence-corrected chi connectivity index (χ3v) is 10.4. The number of hydrogen-bond donors (Lipinski definition) is 9.